The Balaban J connectivity index is 1.52. The van der Waals surface area contributed by atoms with Crippen molar-refractivity contribution in [3.63, 3.8) is 0 Å². The van der Waals surface area contributed by atoms with Crippen LogP contribution < -0.4 is 5.32 Å². The monoisotopic (exact) mass is 464 g/mol. The molecule has 5 heteroatoms. The Labute approximate surface area is 198 Å². The molecule has 1 heterocycles. The zero-order chi connectivity index (χ0) is 22.5. The summed E-state index contributed by atoms with van der Waals surface area (Å²) in [6.07, 6.45) is 4.14. The number of carbonyl (C=O) groups excluding carboxylic acids is 1. The molecule has 0 aliphatic heterocycles. The number of rotatable bonds is 8. The summed E-state index contributed by atoms with van der Waals surface area (Å²) in [6.45, 7) is 2.06. The molecule has 4 rings (SSSR count). The average molecular weight is 465 g/mol. The minimum atomic E-state index is -0.137. The van der Waals surface area contributed by atoms with Crippen molar-refractivity contribution in [3.05, 3.63) is 106 Å². The number of benzene rings is 3. The Bertz CT molecular complexity index is 1200. The summed E-state index contributed by atoms with van der Waals surface area (Å²) in [4.78, 5) is 16.4. The third-order valence-electron chi connectivity index (χ3n) is 5.85. The van der Waals surface area contributed by atoms with Crippen LogP contribution in [0, 0.1) is 0 Å². The van der Waals surface area contributed by atoms with E-state index in [0.717, 1.165) is 34.9 Å². The molecule has 0 bridgehead atoms. The molecule has 3 nitrogen and oxygen atoms in total. The lowest BCUT2D eigenvalue weighted by Gasteiger charge is -2.20. The molecular formula is C27H26Cl2N2O. The maximum Gasteiger partial charge on any atom is 0.221 e. The van der Waals surface area contributed by atoms with E-state index < -0.39 is 0 Å². The summed E-state index contributed by atoms with van der Waals surface area (Å²) >= 11 is 12.5. The fourth-order valence-corrected chi connectivity index (χ4v) is 4.44. The fourth-order valence-electron chi connectivity index (χ4n) is 4.14. The van der Waals surface area contributed by atoms with E-state index in [9.17, 15) is 4.79 Å². The van der Waals surface area contributed by atoms with Crippen LogP contribution in [-0.2, 0) is 11.2 Å². The number of aromatic amines is 1. The van der Waals surface area contributed by atoms with Crippen LogP contribution in [0.5, 0.6) is 0 Å². The first-order chi connectivity index (χ1) is 15.5. The molecule has 0 spiro atoms. The topological polar surface area (TPSA) is 44.9 Å². The molecule has 0 fully saturated rings. The average Bonchev–Trinajstić information content (AvgIpc) is 3.23. The second-order valence-electron chi connectivity index (χ2n) is 8.21. The van der Waals surface area contributed by atoms with Gasteiger partial charge < -0.3 is 10.3 Å². The molecule has 4 aromatic rings. The lowest BCUT2D eigenvalue weighted by atomic mass is 9.88. The molecule has 2 N–H and O–H groups in total. The van der Waals surface area contributed by atoms with Gasteiger partial charge in [-0.1, -0.05) is 77.8 Å². The summed E-state index contributed by atoms with van der Waals surface area (Å²) in [5, 5.41) is 5.28. The Morgan fingerprint density at radius 1 is 0.969 bits per heavy atom. The first-order valence-corrected chi connectivity index (χ1v) is 11.6. The van der Waals surface area contributed by atoms with Gasteiger partial charge in [0, 0.05) is 35.5 Å². The van der Waals surface area contributed by atoms with Crippen LogP contribution in [-0.4, -0.2) is 16.9 Å². The number of para-hydroxylation sites is 1. The van der Waals surface area contributed by atoms with E-state index in [2.05, 4.69) is 35.4 Å². The molecule has 0 saturated heterocycles. The van der Waals surface area contributed by atoms with Gasteiger partial charge in [-0.2, -0.15) is 0 Å². The van der Waals surface area contributed by atoms with Gasteiger partial charge >= 0.3 is 0 Å². The van der Waals surface area contributed by atoms with Gasteiger partial charge in [0.1, 0.15) is 0 Å². The number of aryl methyl sites for hydroxylation is 1. The maximum absolute atomic E-state index is 13.1. The standard InChI is InChI=1S/C27H26Cl2N2O/c1-18(11-12-19-7-3-2-4-8-19)31-27(32)16-22(20-13-14-24(28)25(29)15-20)23-17-30-26-10-6-5-9-21(23)26/h2-10,13-15,17-18,22,30H,11-12,16H2,1H3,(H,31,32). The Kier molecular flexibility index (Phi) is 7.19. The van der Waals surface area contributed by atoms with Crippen LogP contribution >= 0.6 is 23.2 Å². The van der Waals surface area contributed by atoms with Gasteiger partial charge in [0.2, 0.25) is 5.91 Å². The Hall–Kier alpha value is -2.75. The number of aromatic nitrogens is 1. The highest BCUT2D eigenvalue weighted by Gasteiger charge is 2.23. The highest BCUT2D eigenvalue weighted by Crippen LogP contribution is 2.36. The van der Waals surface area contributed by atoms with Gasteiger partial charge in [0.15, 0.2) is 0 Å². The molecule has 3 aromatic carbocycles. The van der Waals surface area contributed by atoms with E-state index in [1.807, 2.05) is 54.7 Å². The first kappa shape index (κ1) is 22.4. The van der Waals surface area contributed by atoms with Crippen molar-refractivity contribution in [2.24, 2.45) is 0 Å². The van der Waals surface area contributed by atoms with E-state index in [0.29, 0.717) is 16.5 Å². The van der Waals surface area contributed by atoms with E-state index in [1.54, 1.807) is 6.07 Å². The zero-order valence-corrected chi connectivity index (χ0v) is 19.5. The van der Waals surface area contributed by atoms with Crippen molar-refractivity contribution in [3.8, 4) is 0 Å². The summed E-state index contributed by atoms with van der Waals surface area (Å²) < 4.78 is 0. The van der Waals surface area contributed by atoms with Gasteiger partial charge in [-0.25, -0.2) is 0 Å². The lowest BCUT2D eigenvalue weighted by molar-refractivity contribution is -0.121. The summed E-state index contributed by atoms with van der Waals surface area (Å²) in [7, 11) is 0. The van der Waals surface area contributed by atoms with Crippen molar-refractivity contribution in [2.75, 3.05) is 0 Å². The number of fused-ring (bicyclic) bond motifs is 1. The summed E-state index contributed by atoms with van der Waals surface area (Å²) in [5.74, 6) is -0.117. The van der Waals surface area contributed by atoms with E-state index >= 15 is 0 Å². The molecule has 0 saturated carbocycles. The van der Waals surface area contributed by atoms with Crippen LogP contribution in [0.4, 0.5) is 0 Å². The molecule has 0 aliphatic rings. The van der Waals surface area contributed by atoms with Gasteiger partial charge in [-0.15, -0.1) is 0 Å². The van der Waals surface area contributed by atoms with Gasteiger partial charge in [0.25, 0.3) is 0 Å². The Morgan fingerprint density at radius 2 is 1.72 bits per heavy atom. The molecule has 2 atom stereocenters. The van der Waals surface area contributed by atoms with Crippen molar-refractivity contribution >= 4 is 40.0 Å². The number of nitrogens with one attached hydrogen (secondary N) is 2. The van der Waals surface area contributed by atoms with Crippen LogP contribution in [0.2, 0.25) is 10.0 Å². The molecular weight excluding hydrogens is 439 g/mol. The summed E-state index contributed by atoms with van der Waals surface area (Å²) in [5.41, 5.74) is 4.37. The van der Waals surface area contributed by atoms with Crippen molar-refractivity contribution < 1.29 is 4.79 Å². The SMILES string of the molecule is CC(CCc1ccccc1)NC(=O)CC(c1ccc(Cl)c(Cl)c1)c1c[nH]c2ccccc12. The van der Waals surface area contributed by atoms with Crippen molar-refractivity contribution in [2.45, 2.75) is 38.1 Å². The molecule has 1 amide bonds. The predicted molar refractivity (Wildman–Crippen MR) is 134 cm³/mol. The smallest absolute Gasteiger partial charge is 0.221 e. The highest BCUT2D eigenvalue weighted by atomic mass is 35.5. The number of carbonyl (C=O) groups is 1. The van der Waals surface area contributed by atoms with E-state index in [1.165, 1.54) is 5.56 Å². The third kappa shape index (κ3) is 5.35. The first-order valence-electron chi connectivity index (χ1n) is 10.9. The maximum atomic E-state index is 13.1. The van der Waals surface area contributed by atoms with E-state index in [-0.39, 0.29) is 17.9 Å². The Morgan fingerprint density at radius 3 is 2.50 bits per heavy atom. The zero-order valence-electron chi connectivity index (χ0n) is 17.9. The second kappa shape index (κ2) is 10.2. The minimum absolute atomic E-state index is 0.0203. The number of hydrogen-bond donors (Lipinski definition) is 2. The van der Waals surface area contributed by atoms with Crippen molar-refractivity contribution in [1.29, 1.82) is 0 Å². The molecule has 32 heavy (non-hydrogen) atoms. The normalized spacial score (nSPS) is 13.1. The lowest BCUT2D eigenvalue weighted by Crippen LogP contribution is -2.33. The van der Waals surface area contributed by atoms with Crippen LogP contribution in [0.1, 0.15) is 42.4 Å². The fraction of sp³-hybridized carbons (Fsp3) is 0.222. The van der Waals surface area contributed by atoms with Crippen LogP contribution in [0.25, 0.3) is 10.9 Å². The number of halogens is 2. The number of H-pyrrole nitrogens is 1. The van der Waals surface area contributed by atoms with Gasteiger partial charge in [0.05, 0.1) is 10.0 Å². The van der Waals surface area contributed by atoms with Crippen molar-refractivity contribution in [1.82, 2.24) is 10.3 Å². The highest BCUT2D eigenvalue weighted by molar-refractivity contribution is 6.42. The molecule has 0 radical (unpaired) electrons. The van der Waals surface area contributed by atoms with Gasteiger partial charge in [-0.3, -0.25) is 4.79 Å². The number of hydrogen-bond acceptors (Lipinski definition) is 1. The van der Waals surface area contributed by atoms with E-state index in [4.69, 9.17) is 23.2 Å². The molecule has 164 valence electrons. The number of amides is 1. The second-order valence-corrected chi connectivity index (χ2v) is 9.03. The molecule has 1 aromatic heterocycles. The quantitative estimate of drug-likeness (QED) is 0.286. The van der Waals surface area contributed by atoms with Crippen LogP contribution in [0.3, 0.4) is 0 Å². The minimum Gasteiger partial charge on any atom is -0.361 e. The third-order valence-corrected chi connectivity index (χ3v) is 6.59. The summed E-state index contributed by atoms with van der Waals surface area (Å²) in [6, 6.07) is 24.2. The van der Waals surface area contributed by atoms with Crippen LogP contribution in [0.15, 0.2) is 79.0 Å². The molecule has 0 aliphatic carbocycles. The predicted octanol–water partition coefficient (Wildman–Crippen LogP) is 7.13. The van der Waals surface area contributed by atoms with Gasteiger partial charge in [-0.05, 0) is 54.7 Å². The largest absolute Gasteiger partial charge is 0.361 e. The molecule has 2 unspecified atom stereocenters.